The molecule has 2 aliphatic heterocycles. The molecule has 0 spiro atoms. The number of alkyl halides is 1. The van der Waals surface area contributed by atoms with Crippen molar-refractivity contribution in [2.45, 2.75) is 28.7 Å². The topological polar surface area (TPSA) is 122 Å². The van der Waals surface area contributed by atoms with Crippen LogP contribution in [0.1, 0.15) is 56.3 Å². The molecule has 0 bridgehead atoms. The molecule has 0 saturated carbocycles. The lowest BCUT2D eigenvalue weighted by Crippen LogP contribution is -2.74. The van der Waals surface area contributed by atoms with Crippen LogP contribution in [0.4, 0.5) is 5.13 Å². The van der Waals surface area contributed by atoms with Crippen molar-refractivity contribution in [1.82, 2.24) is 15.2 Å². The van der Waals surface area contributed by atoms with Gasteiger partial charge in [-0.15, -0.1) is 34.7 Å². The molecule has 0 aliphatic carbocycles. The Morgan fingerprint density at radius 3 is 1.48 bits per heavy atom. The Bertz CT molecular complexity index is 3240. The zero-order chi connectivity index (χ0) is 52.7. The molecule has 8 aromatic carbocycles. The largest absolute Gasteiger partial charge is 0.452 e. The molecule has 13 heteroatoms. The lowest BCUT2D eigenvalue weighted by molar-refractivity contribution is -0.164. The van der Waals surface area contributed by atoms with Crippen LogP contribution in [0, 0.1) is 5.41 Å². The number of esters is 1. The summed E-state index contributed by atoms with van der Waals surface area (Å²) in [6.45, 7) is 0.0133. The highest BCUT2D eigenvalue weighted by atomic mass is 35.5. The molecule has 9 aromatic rings. The van der Waals surface area contributed by atoms with Gasteiger partial charge in [-0.1, -0.05) is 248 Å². The van der Waals surface area contributed by atoms with E-state index in [0.717, 1.165) is 44.5 Å². The van der Waals surface area contributed by atoms with E-state index in [0.29, 0.717) is 5.13 Å². The Balaban J connectivity index is 0.946. The van der Waals surface area contributed by atoms with Crippen LogP contribution in [0.15, 0.2) is 253 Å². The van der Waals surface area contributed by atoms with Gasteiger partial charge in [0, 0.05) is 40.2 Å². The number of fused-ring (bicyclic) bond motifs is 1. The van der Waals surface area contributed by atoms with E-state index in [4.69, 9.17) is 31.3 Å². The molecule has 2 saturated heterocycles. The second kappa shape index (κ2) is 22.5. The number of hydrogen-bond acceptors (Lipinski definition) is 10. The average molecular weight is 1070 g/mol. The molecule has 2 unspecified atom stereocenters. The number of nitrogens with one attached hydrogen (secondary N) is 2. The number of β-lactam (4-membered cyclic amide) rings is 1. The number of nitrogens with zero attached hydrogens (tertiary/aromatic N) is 3. The molecule has 2 amide bonds. The number of ether oxygens (including phenoxy) is 1. The zero-order valence-corrected chi connectivity index (χ0v) is 44.0. The van der Waals surface area contributed by atoms with E-state index < -0.39 is 46.0 Å². The van der Waals surface area contributed by atoms with Gasteiger partial charge >= 0.3 is 5.97 Å². The predicted octanol–water partition coefficient (Wildman–Crippen LogP) is 12.2. The normalized spacial score (nSPS) is 17.4. The minimum absolute atomic E-state index is 0.0133. The van der Waals surface area contributed by atoms with Crippen LogP contribution in [0.2, 0.25) is 0 Å². The Labute approximate surface area is 460 Å². The molecule has 0 radical (unpaired) electrons. The van der Waals surface area contributed by atoms with Crippen LogP contribution < -0.4 is 10.6 Å². The quantitative estimate of drug-likeness (QED) is 0.0218. The standard InChI is InChI=1S/C64H52ClN5O5S2/c65-42-62(60(73)74-56(45-25-9-1-10-26-45)46-27-11-2-12-28-46)43-70-58(72)55(59(70)77-44-62)67-57(71)54(69-75-64(50-35-19-6-20-36-50,51-37-21-7-22-38-51)52-39-23-8-24-40-52)53-41-76-61(66-53)68-63(47-29-13-3-14-30-47,48-31-15-4-16-32-48)49-33-17-5-18-34-49/h1-41,55-56,59H,42-44H2,(H,66,68)(H,67,71)/t55?,59-,62?/m1/s1. The fourth-order valence-corrected chi connectivity index (χ4v) is 13.0. The Hall–Kier alpha value is -8.29. The number of halogens is 1. The summed E-state index contributed by atoms with van der Waals surface area (Å²) in [7, 11) is 0. The van der Waals surface area contributed by atoms with E-state index in [1.54, 1.807) is 10.3 Å². The van der Waals surface area contributed by atoms with Crippen LogP contribution in [-0.4, -0.2) is 63.0 Å². The van der Waals surface area contributed by atoms with Crippen LogP contribution in [0.3, 0.4) is 0 Å². The monoisotopic (exact) mass is 1070 g/mol. The van der Waals surface area contributed by atoms with Crippen molar-refractivity contribution < 1.29 is 24.0 Å². The van der Waals surface area contributed by atoms with Crippen molar-refractivity contribution in [2.24, 2.45) is 10.6 Å². The highest BCUT2D eigenvalue weighted by Gasteiger charge is 2.58. The first-order chi connectivity index (χ1) is 37.8. The molecule has 382 valence electrons. The number of hydrogen-bond donors (Lipinski definition) is 2. The summed E-state index contributed by atoms with van der Waals surface area (Å²) in [6, 6.07) is 77.9. The molecular weight excluding hydrogens is 1020 g/mol. The number of anilines is 1. The molecule has 10 nitrogen and oxygen atoms in total. The molecule has 3 atom stereocenters. The number of carbonyl (C=O) groups is 3. The maximum Gasteiger partial charge on any atom is 0.316 e. The van der Waals surface area contributed by atoms with E-state index in [2.05, 4.69) is 47.0 Å². The minimum Gasteiger partial charge on any atom is -0.452 e. The third-order valence-corrected chi connectivity index (χ3v) is 17.1. The Morgan fingerprint density at radius 2 is 1.05 bits per heavy atom. The van der Waals surface area contributed by atoms with Gasteiger partial charge in [0.15, 0.2) is 16.9 Å². The van der Waals surface area contributed by atoms with Crippen molar-refractivity contribution in [3.63, 3.8) is 0 Å². The summed E-state index contributed by atoms with van der Waals surface area (Å²) >= 11 is 9.41. The van der Waals surface area contributed by atoms with Crippen LogP contribution in [0.25, 0.3) is 0 Å². The summed E-state index contributed by atoms with van der Waals surface area (Å²) < 4.78 is 6.34. The Morgan fingerprint density at radius 1 is 0.636 bits per heavy atom. The molecule has 11 rings (SSSR count). The predicted molar refractivity (Wildman–Crippen MR) is 306 cm³/mol. The smallest absolute Gasteiger partial charge is 0.316 e. The van der Waals surface area contributed by atoms with Gasteiger partial charge in [-0.25, -0.2) is 4.98 Å². The second-order valence-electron chi connectivity index (χ2n) is 19.0. The van der Waals surface area contributed by atoms with Gasteiger partial charge in [0.25, 0.3) is 5.91 Å². The molecule has 2 aliphatic rings. The number of amides is 2. The maximum absolute atomic E-state index is 15.3. The van der Waals surface area contributed by atoms with Crippen LogP contribution >= 0.6 is 34.7 Å². The number of rotatable bonds is 18. The summed E-state index contributed by atoms with van der Waals surface area (Å²) in [5.74, 6) is -1.39. The molecule has 2 N–H and O–H groups in total. The van der Waals surface area contributed by atoms with E-state index >= 15 is 4.79 Å². The molecular formula is C64H52ClN5O5S2. The highest BCUT2D eigenvalue weighted by Crippen LogP contribution is 2.46. The van der Waals surface area contributed by atoms with Gasteiger partial charge in [0.05, 0.1) is 0 Å². The van der Waals surface area contributed by atoms with Crippen molar-refractivity contribution in [3.05, 3.63) is 298 Å². The van der Waals surface area contributed by atoms with Crippen LogP contribution in [-0.2, 0) is 35.1 Å². The number of carbonyl (C=O) groups excluding carboxylic acids is 3. The number of thiazole rings is 1. The van der Waals surface area contributed by atoms with Crippen LogP contribution in [0.5, 0.6) is 0 Å². The first-order valence-corrected chi connectivity index (χ1v) is 27.7. The number of oxime groups is 1. The van der Waals surface area contributed by atoms with Crippen molar-refractivity contribution in [2.75, 3.05) is 23.5 Å². The van der Waals surface area contributed by atoms with Crippen molar-refractivity contribution in [1.29, 1.82) is 0 Å². The summed E-state index contributed by atoms with van der Waals surface area (Å²) in [5, 5.41) is 13.5. The van der Waals surface area contributed by atoms with E-state index in [-0.39, 0.29) is 35.5 Å². The van der Waals surface area contributed by atoms with Crippen molar-refractivity contribution >= 4 is 63.3 Å². The first kappa shape index (κ1) is 50.8. The molecule has 2 fully saturated rings. The van der Waals surface area contributed by atoms with Gasteiger partial charge in [-0.2, -0.15) is 0 Å². The first-order valence-electron chi connectivity index (χ1n) is 25.3. The molecule has 77 heavy (non-hydrogen) atoms. The molecule has 3 heterocycles. The average Bonchev–Trinajstić information content (AvgIpc) is 4.04. The summed E-state index contributed by atoms with van der Waals surface area (Å²) in [4.78, 5) is 57.9. The van der Waals surface area contributed by atoms with Gasteiger partial charge in [-0.05, 0) is 27.8 Å². The number of benzene rings is 8. The zero-order valence-electron chi connectivity index (χ0n) is 41.6. The second-order valence-corrected chi connectivity index (χ2v) is 21.2. The summed E-state index contributed by atoms with van der Waals surface area (Å²) in [6.07, 6.45) is -0.691. The lowest BCUT2D eigenvalue weighted by atomic mass is 9.77. The maximum atomic E-state index is 15.3. The van der Waals surface area contributed by atoms with Gasteiger partial charge in [-0.3, -0.25) is 14.4 Å². The van der Waals surface area contributed by atoms with Gasteiger partial charge in [0.1, 0.15) is 28.1 Å². The summed E-state index contributed by atoms with van der Waals surface area (Å²) in [5.41, 5.74) is 3.41. The SMILES string of the molecule is O=C(NC1C(=O)N2CC(CCl)(C(=O)OC(c3ccccc3)c3ccccc3)CS[C@H]12)C(=NOC(c1ccccc1)(c1ccccc1)c1ccccc1)c1csc(NC(c2ccccc2)(c2ccccc2)c2ccccc2)n1. The number of aromatic nitrogens is 1. The third kappa shape index (κ3) is 9.92. The van der Waals surface area contributed by atoms with Gasteiger partial charge in [0.2, 0.25) is 11.5 Å². The van der Waals surface area contributed by atoms with E-state index in [9.17, 15) is 9.59 Å². The van der Waals surface area contributed by atoms with Crippen molar-refractivity contribution in [3.8, 4) is 0 Å². The Kier molecular flexibility index (Phi) is 14.9. The molecule has 1 aromatic heterocycles. The van der Waals surface area contributed by atoms with E-state index in [1.165, 1.54) is 23.1 Å². The van der Waals surface area contributed by atoms with Gasteiger partial charge < -0.3 is 25.1 Å². The fraction of sp³-hybridized carbons (Fsp3) is 0.141. The lowest BCUT2D eigenvalue weighted by Gasteiger charge is -2.53. The number of thioether (sulfide) groups is 1. The minimum atomic E-state index is -1.35. The third-order valence-electron chi connectivity index (χ3n) is 14.2. The highest BCUT2D eigenvalue weighted by molar-refractivity contribution is 8.00. The van der Waals surface area contributed by atoms with E-state index in [1.807, 2.05) is 206 Å². The fourth-order valence-electron chi connectivity index (χ4n) is 10.3.